The molecule has 10 heteroatoms. The Labute approximate surface area is 202 Å². The zero-order valence-corrected chi connectivity index (χ0v) is 20.2. The second-order valence-corrected chi connectivity index (χ2v) is 9.64. The number of rotatable bonds is 9. The van der Waals surface area contributed by atoms with Crippen molar-refractivity contribution in [2.24, 2.45) is 0 Å². The normalized spacial score (nSPS) is 11.3. The van der Waals surface area contributed by atoms with E-state index < -0.39 is 22.5 Å². The molecule has 3 aromatic carbocycles. The number of carbonyl (C=O) groups is 1. The molecule has 3 aromatic rings. The van der Waals surface area contributed by atoms with Gasteiger partial charge in [-0.05, 0) is 29.8 Å². The van der Waals surface area contributed by atoms with Crippen LogP contribution in [0.5, 0.6) is 11.5 Å². The summed E-state index contributed by atoms with van der Waals surface area (Å²) < 4.78 is 38.8. The van der Waals surface area contributed by atoms with Gasteiger partial charge in [0.05, 0.1) is 36.5 Å². The molecule has 0 fully saturated rings. The predicted octanol–water partition coefficient (Wildman–Crippen LogP) is 4.84. The molecule has 0 atom stereocenters. The Bertz CT molecular complexity index is 1220. The Morgan fingerprint density at radius 1 is 0.939 bits per heavy atom. The minimum atomic E-state index is -4.18. The minimum absolute atomic E-state index is 0.0484. The van der Waals surface area contributed by atoms with Crippen molar-refractivity contribution in [3.05, 3.63) is 82.3 Å². The summed E-state index contributed by atoms with van der Waals surface area (Å²) in [5.74, 6) is -0.142. The average molecular weight is 509 g/mol. The molecule has 0 aromatic heterocycles. The summed E-state index contributed by atoms with van der Waals surface area (Å²) in [6.45, 7) is -0.535. The van der Waals surface area contributed by atoms with Crippen LogP contribution in [-0.4, -0.2) is 39.4 Å². The van der Waals surface area contributed by atoms with E-state index in [4.69, 9.17) is 32.7 Å². The number of carbonyl (C=O) groups excluding carboxylic acids is 1. The number of hydrogen-bond donors (Lipinski definition) is 1. The van der Waals surface area contributed by atoms with E-state index in [1.165, 1.54) is 26.4 Å². The number of nitrogens with one attached hydrogen (secondary N) is 1. The highest BCUT2D eigenvalue weighted by Crippen LogP contribution is 2.32. The van der Waals surface area contributed by atoms with Crippen LogP contribution in [0, 0.1) is 0 Å². The number of benzene rings is 3. The monoisotopic (exact) mass is 508 g/mol. The smallest absolute Gasteiger partial charge is 0.247 e. The Morgan fingerprint density at radius 2 is 1.61 bits per heavy atom. The Morgan fingerprint density at radius 3 is 2.21 bits per heavy atom. The van der Waals surface area contributed by atoms with Crippen LogP contribution in [0.3, 0.4) is 0 Å². The van der Waals surface area contributed by atoms with E-state index in [0.717, 1.165) is 4.31 Å². The molecular weight excluding hydrogens is 487 g/mol. The zero-order valence-electron chi connectivity index (χ0n) is 17.9. The van der Waals surface area contributed by atoms with Crippen LogP contribution in [0.1, 0.15) is 5.56 Å². The maximum absolute atomic E-state index is 13.7. The molecule has 1 amide bonds. The molecule has 0 bridgehead atoms. The first-order valence-corrected chi connectivity index (χ1v) is 12.0. The molecule has 0 aliphatic rings. The third-order valence-electron chi connectivity index (χ3n) is 4.74. The molecule has 0 spiro atoms. The summed E-state index contributed by atoms with van der Waals surface area (Å²) in [6.07, 6.45) is 0. The number of methoxy groups -OCH3 is 2. The number of hydrogen-bond acceptors (Lipinski definition) is 5. The van der Waals surface area contributed by atoms with E-state index in [0.29, 0.717) is 11.3 Å². The second-order valence-electron chi connectivity index (χ2n) is 6.92. The quantitative estimate of drug-likeness (QED) is 0.446. The fourth-order valence-electron chi connectivity index (χ4n) is 3.09. The van der Waals surface area contributed by atoms with E-state index in [9.17, 15) is 13.2 Å². The predicted molar refractivity (Wildman–Crippen MR) is 129 cm³/mol. The van der Waals surface area contributed by atoms with Gasteiger partial charge in [0.2, 0.25) is 15.9 Å². The lowest BCUT2D eigenvalue weighted by atomic mass is 10.2. The summed E-state index contributed by atoms with van der Waals surface area (Å²) in [5.41, 5.74) is 0.911. The lowest BCUT2D eigenvalue weighted by Crippen LogP contribution is -2.37. The van der Waals surface area contributed by atoms with E-state index in [1.807, 2.05) is 6.07 Å². The third-order valence-corrected chi connectivity index (χ3v) is 7.18. The summed E-state index contributed by atoms with van der Waals surface area (Å²) in [7, 11) is -1.38. The van der Waals surface area contributed by atoms with Crippen LogP contribution in [-0.2, 0) is 21.4 Å². The van der Waals surface area contributed by atoms with Gasteiger partial charge < -0.3 is 14.8 Å². The van der Waals surface area contributed by atoms with Gasteiger partial charge in [-0.2, -0.15) is 4.31 Å². The standard InChI is InChI=1S/C23H22Cl2N2O5S/c1-31-17-11-12-20(32-2)21(13-17)33(29,30)27(14-16-7-4-3-5-8-16)15-22(28)26-23-18(24)9-6-10-19(23)25/h3-13H,14-15H2,1-2H3,(H,26,28). The van der Waals surface area contributed by atoms with Gasteiger partial charge in [-0.25, -0.2) is 8.42 Å². The first kappa shape index (κ1) is 24.9. The third kappa shape index (κ3) is 5.97. The zero-order chi connectivity index (χ0) is 24.0. The first-order valence-electron chi connectivity index (χ1n) is 9.76. The van der Waals surface area contributed by atoms with Crippen molar-refractivity contribution < 1.29 is 22.7 Å². The molecule has 0 aliphatic carbocycles. The van der Waals surface area contributed by atoms with Crippen LogP contribution in [0.2, 0.25) is 10.0 Å². The van der Waals surface area contributed by atoms with Gasteiger partial charge in [-0.3, -0.25) is 4.79 Å². The van der Waals surface area contributed by atoms with Crippen molar-refractivity contribution in [2.75, 3.05) is 26.1 Å². The fraction of sp³-hybridized carbons (Fsp3) is 0.174. The van der Waals surface area contributed by atoms with Gasteiger partial charge in [-0.15, -0.1) is 0 Å². The molecule has 0 unspecified atom stereocenters. The fourth-order valence-corrected chi connectivity index (χ4v) is 5.14. The number of para-hydroxylation sites is 1. The van der Waals surface area contributed by atoms with Crippen molar-refractivity contribution in [1.29, 1.82) is 0 Å². The number of amides is 1. The Kier molecular flexibility index (Phi) is 8.20. The van der Waals surface area contributed by atoms with E-state index in [-0.39, 0.29) is 32.9 Å². The Hall–Kier alpha value is -2.78. The number of anilines is 1. The summed E-state index contributed by atoms with van der Waals surface area (Å²) in [4.78, 5) is 12.8. The van der Waals surface area contributed by atoms with Gasteiger partial charge >= 0.3 is 0 Å². The number of ether oxygens (including phenoxy) is 2. The van der Waals surface area contributed by atoms with E-state index in [2.05, 4.69) is 5.32 Å². The summed E-state index contributed by atoms with van der Waals surface area (Å²) in [6, 6.07) is 18.2. The van der Waals surface area contributed by atoms with Crippen LogP contribution >= 0.6 is 23.2 Å². The molecule has 0 saturated heterocycles. The molecular formula is C23H22Cl2N2O5S. The lowest BCUT2D eigenvalue weighted by Gasteiger charge is -2.23. The van der Waals surface area contributed by atoms with Gasteiger partial charge in [-0.1, -0.05) is 59.6 Å². The highest BCUT2D eigenvalue weighted by molar-refractivity contribution is 7.89. The highest BCUT2D eigenvalue weighted by Gasteiger charge is 2.30. The number of halogens is 2. The van der Waals surface area contributed by atoms with Crippen molar-refractivity contribution >= 4 is 44.8 Å². The van der Waals surface area contributed by atoms with Gasteiger partial charge in [0, 0.05) is 12.6 Å². The van der Waals surface area contributed by atoms with Crippen molar-refractivity contribution in [1.82, 2.24) is 4.31 Å². The van der Waals surface area contributed by atoms with Crippen LogP contribution in [0.4, 0.5) is 5.69 Å². The van der Waals surface area contributed by atoms with Crippen LogP contribution in [0.25, 0.3) is 0 Å². The number of sulfonamides is 1. The maximum atomic E-state index is 13.7. The van der Waals surface area contributed by atoms with Crippen LogP contribution < -0.4 is 14.8 Å². The molecule has 7 nitrogen and oxygen atoms in total. The molecule has 33 heavy (non-hydrogen) atoms. The maximum Gasteiger partial charge on any atom is 0.247 e. The number of nitrogens with zero attached hydrogens (tertiary/aromatic N) is 1. The molecule has 174 valence electrons. The first-order chi connectivity index (χ1) is 15.8. The minimum Gasteiger partial charge on any atom is -0.497 e. The SMILES string of the molecule is COc1ccc(OC)c(S(=O)(=O)N(CC(=O)Nc2c(Cl)cccc2Cl)Cc2ccccc2)c1. The summed E-state index contributed by atoms with van der Waals surface area (Å²) >= 11 is 12.3. The van der Waals surface area contributed by atoms with Crippen molar-refractivity contribution in [3.8, 4) is 11.5 Å². The molecule has 3 rings (SSSR count). The summed E-state index contributed by atoms with van der Waals surface area (Å²) in [5, 5.41) is 3.08. The Balaban J connectivity index is 1.98. The van der Waals surface area contributed by atoms with Gasteiger partial charge in [0.1, 0.15) is 16.4 Å². The topological polar surface area (TPSA) is 84.9 Å². The van der Waals surface area contributed by atoms with Gasteiger partial charge in [0.25, 0.3) is 0 Å². The van der Waals surface area contributed by atoms with E-state index in [1.54, 1.807) is 48.5 Å². The molecule has 1 N–H and O–H groups in total. The largest absolute Gasteiger partial charge is 0.497 e. The molecule has 0 radical (unpaired) electrons. The van der Waals surface area contributed by atoms with Crippen molar-refractivity contribution in [2.45, 2.75) is 11.4 Å². The van der Waals surface area contributed by atoms with Gasteiger partial charge in [0.15, 0.2) is 0 Å². The molecule has 0 heterocycles. The molecule has 0 saturated carbocycles. The second kappa shape index (κ2) is 10.9. The molecule has 0 aliphatic heterocycles. The lowest BCUT2D eigenvalue weighted by molar-refractivity contribution is -0.116. The van der Waals surface area contributed by atoms with E-state index >= 15 is 0 Å². The highest BCUT2D eigenvalue weighted by atomic mass is 35.5. The van der Waals surface area contributed by atoms with Crippen LogP contribution in [0.15, 0.2) is 71.6 Å². The average Bonchev–Trinajstić information content (AvgIpc) is 2.81. The van der Waals surface area contributed by atoms with Crippen molar-refractivity contribution in [3.63, 3.8) is 0 Å².